The molecule has 0 aliphatic carbocycles. The van der Waals surface area contributed by atoms with Gasteiger partial charge in [-0.15, -0.1) is 5.10 Å². The summed E-state index contributed by atoms with van der Waals surface area (Å²) < 4.78 is 14.7. The summed E-state index contributed by atoms with van der Waals surface area (Å²) in [7, 11) is 2.72. The minimum atomic E-state index is -0.914. The average Bonchev–Trinajstić information content (AvgIpc) is 2.44. The van der Waals surface area contributed by atoms with E-state index in [-0.39, 0.29) is 6.42 Å². The first-order chi connectivity index (χ1) is 10.2. The molecule has 0 fully saturated rings. The normalized spacial score (nSPS) is 12.2. The Hall–Kier alpha value is -2.38. The lowest BCUT2D eigenvalue weighted by molar-refractivity contribution is -0.143. The number of amides is 1. The van der Waals surface area contributed by atoms with Crippen molar-refractivity contribution in [1.29, 1.82) is 0 Å². The number of nitrogens with one attached hydrogen (secondary N) is 1. The van der Waals surface area contributed by atoms with Crippen LogP contribution in [0.2, 0.25) is 0 Å². The van der Waals surface area contributed by atoms with Crippen molar-refractivity contribution in [3.8, 4) is 5.88 Å². The highest BCUT2D eigenvalue weighted by molar-refractivity contribution is 5.81. The number of aromatic nitrogens is 2. The molecule has 1 heterocycles. The van der Waals surface area contributed by atoms with Gasteiger partial charge in [0.1, 0.15) is 11.6 Å². The van der Waals surface area contributed by atoms with Crippen LogP contribution >= 0.6 is 0 Å². The predicted molar refractivity (Wildman–Crippen MR) is 77.5 cm³/mol. The van der Waals surface area contributed by atoms with Crippen molar-refractivity contribution in [2.24, 2.45) is 0 Å². The Morgan fingerprint density at radius 3 is 2.36 bits per heavy atom. The second kappa shape index (κ2) is 7.58. The third-order valence-corrected chi connectivity index (χ3v) is 2.49. The van der Waals surface area contributed by atoms with E-state index < -0.39 is 23.7 Å². The summed E-state index contributed by atoms with van der Waals surface area (Å²) in [6, 6.07) is 2.35. The van der Waals surface area contributed by atoms with Crippen molar-refractivity contribution < 1.29 is 23.8 Å². The lowest BCUT2D eigenvalue weighted by atomic mass is 10.1. The first-order valence-corrected chi connectivity index (χ1v) is 6.69. The number of carbonyl (C=O) groups excluding carboxylic acids is 2. The Morgan fingerprint density at radius 2 is 1.91 bits per heavy atom. The van der Waals surface area contributed by atoms with Crippen LogP contribution in [0.3, 0.4) is 0 Å². The third kappa shape index (κ3) is 5.94. The predicted octanol–water partition coefficient (Wildman–Crippen LogP) is 1.09. The Morgan fingerprint density at radius 1 is 1.23 bits per heavy atom. The van der Waals surface area contributed by atoms with Crippen molar-refractivity contribution in [2.75, 3.05) is 14.2 Å². The molecule has 1 aromatic rings. The summed E-state index contributed by atoms with van der Waals surface area (Å²) in [4.78, 5) is 23.6. The molecule has 0 radical (unpaired) electrons. The molecule has 1 rings (SSSR count). The highest BCUT2D eigenvalue weighted by atomic mass is 16.6. The van der Waals surface area contributed by atoms with E-state index in [2.05, 4.69) is 20.3 Å². The fourth-order valence-corrected chi connectivity index (χ4v) is 1.56. The standard InChI is InChI=1S/C14H21N3O5/c1-14(2,3)22-13(19)15-10(12(18)21-5)8-9-6-7-11(20-4)17-16-9/h6-7,10H,8H2,1-5H3,(H,15,19)/t10-/m0/s1. The van der Waals surface area contributed by atoms with Crippen molar-refractivity contribution in [3.05, 3.63) is 17.8 Å². The van der Waals surface area contributed by atoms with Crippen LogP contribution in [0.25, 0.3) is 0 Å². The van der Waals surface area contributed by atoms with Crippen LogP contribution in [0.5, 0.6) is 5.88 Å². The van der Waals surface area contributed by atoms with Gasteiger partial charge in [-0.1, -0.05) is 0 Å². The Balaban J connectivity index is 2.75. The van der Waals surface area contributed by atoms with Gasteiger partial charge in [0.25, 0.3) is 0 Å². The van der Waals surface area contributed by atoms with E-state index in [1.165, 1.54) is 14.2 Å². The van der Waals surface area contributed by atoms with Crippen LogP contribution in [0, 0.1) is 0 Å². The first-order valence-electron chi connectivity index (χ1n) is 6.69. The molecule has 0 aliphatic heterocycles. The monoisotopic (exact) mass is 311 g/mol. The second-order valence-corrected chi connectivity index (χ2v) is 5.49. The maximum absolute atomic E-state index is 11.8. The molecule has 0 aromatic carbocycles. The number of alkyl carbamates (subject to hydrolysis) is 1. The number of hydrogen-bond donors (Lipinski definition) is 1. The maximum Gasteiger partial charge on any atom is 0.408 e. The fourth-order valence-electron chi connectivity index (χ4n) is 1.56. The molecule has 1 amide bonds. The van der Waals surface area contributed by atoms with Crippen LogP contribution in [-0.2, 0) is 20.7 Å². The summed E-state index contributed by atoms with van der Waals surface area (Å²) >= 11 is 0. The molecule has 1 atom stereocenters. The third-order valence-electron chi connectivity index (χ3n) is 2.49. The SMILES string of the molecule is COC(=O)[C@H](Cc1ccc(OC)nn1)NC(=O)OC(C)(C)C. The lowest BCUT2D eigenvalue weighted by Crippen LogP contribution is -2.45. The summed E-state index contributed by atoms with van der Waals surface area (Å²) in [5.41, 5.74) is -0.155. The molecule has 22 heavy (non-hydrogen) atoms. The van der Waals surface area contributed by atoms with Crippen LogP contribution in [0.15, 0.2) is 12.1 Å². The van der Waals surface area contributed by atoms with E-state index in [0.717, 1.165) is 0 Å². The van der Waals surface area contributed by atoms with Crippen molar-refractivity contribution in [3.63, 3.8) is 0 Å². The van der Waals surface area contributed by atoms with Crippen LogP contribution < -0.4 is 10.1 Å². The van der Waals surface area contributed by atoms with E-state index in [9.17, 15) is 9.59 Å². The minimum absolute atomic E-state index is 0.128. The molecular weight excluding hydrogens is 290 g/mol. The zero-order chi connectivity index (χ0) is 16.8. The molecular formula is C14H21N3O5. The van der Waals surface area contributed by atoms with Gasteiger partial charge in [-0.2, -0.15) is 5.10 Å². The number of carbonyl (C=O) groups is 2. The van der Waals surface area contributed by atoms with E-state index in [1.54, 1.807) is 32.9 Å². The number of ether oxygens (including phenoxy) is 3. The molecule has 1 aromatic heterocycles. The van der Waals surface area contributed by atoms with Gasteiger partial charge in [-0.05, 0) is 26.8 Å². The summed E-state index contributed by atoms with van der Waals surface area (Å²) in [5.74, 6) is -0.234. The zero-order valence-corrected chi connectivity index (χ0v) is 13.4. The van der Waals surface area contributed by atoms with E-state index in [1.807, 2.05) is 0 Å². The summed E-state index contributed by atoms with van der Waals surface area (Å²) in [6.45, 7) is 5.19. The molecule has 0 saturated heterocycles. The Bertz CT molecular complexity index is 510. The van der Waals surface area contributed by atoms with Crippen LogP contribution in [0.4, 0.5) is 4.79 Å². The topological polar surface area (TPSA) is 99.6 Å². The van der Waals surface area contributed by atoms with Gasteiger partial charge < -0.3 is 19.5 Å². The number of nitrogens with zero attached hydrogens (tertiary/aromatic N) is 2. The van der Waals surface area contributed by atoms with Crippen LogP contribution in [-0.4, -0.2) is 48.1 Å². The summed E-state index contributed by atoms with van der Waals surface area (Å²) in [6.07, 6.45) is -0.576. The van der Waals surface area contributed by atoms with Crippen molar-refractivity contribution in [2.45, 2.75) is 38.8 Å². The second-order valence-electron chi connectivity index (χ2n) is 5.49. The average molecular weight is 311 g/mol. The van der Waals surface area contributed by atoms with Gasteiger partial charge in [0.05, 0.1) is 19.9 Å². The van der Waals surface area contributed by atoms with Gasteiger partial charge >= 0.3 is 12.1 Å². The molecule has 0 aliphatic rings. The highest BCUT2D eigenvalue weighted by Gasteiger charge is 2.25. The molecule has 0 saturated carbocycles. The van der Waals surface area contributed by atoms with Gasteiger partial charge in [0.15, 0.2) is 0 Å². The van der Waals surface area contributed by atoms with Crippen molar-refractivity contribution >= 4 is 12.1 Å². The molecule has 8 heteroatoms. The zero-order valence-electron chi connectivity index (χ0n) is 13.4. The number of hydrogen-bond acceptors (Lipinski definition) is 7. The number of rotatable bonds is 5. The summed E-state index contributed by atoms with van der Waals surface area (Å²) in [5, 5.41) is 10.2. The van der Waals surface area contributed by atoms with Gasteiger partial charge in [-0.3, -0.25) is 0 Å². The van der Waals surface area contributed by atoms with E-state index in [0.29, 0.717) is 11.6 Å². The molecule has 8 nitrogen and oxygen atoms in total. The molecule has 1 N–H and O–H groups in total. The van der Waals surface area contributed by atoms with E-state index >= 15 is 0 Å². The Labute approximate surface area is 129 Å². The smallest absolute Gasteiger partial charge is 0.408 e. The maximum atomic E-state index is 11.8. The van der Waals surface area contributed by atoms with Gasteiger partial charge in [0, 0.05) is 12.5 Å². The molecule has 122 valence electrons. The van der Waals surface area contributed by atoms with Crippen LogP contribution in [0.1, 0.15) is 26.5 Å². The first kappa shape index (κ1) is 17.7. The fraction of sp³-hybridized carbons (Fsp3) is 0.571. The van der Waals surface area contributed by atoms with Gasteiger partial charge in [-0.25, -0.2) is 9.59 Å². The molecule has 0 unspecified atom stereocenters. The number of methoxy groups -OCH3 is 2. The largest absolute Gasteiger partial charge is 0.480 e. The van der Waals surface area contributed by atoms with E-state index in [4.69, 9.17) is 9.47 Å². The highest BCUT2D eigenvalue weighted by Crippen LogP contribution is 2.09. The Kier molecular flexibility index (Phi) is 6.09. The molecule has 0 spiro atoms. The molecule has 0 bridgehead atoms. The van der Waals surface area contributed by atoms with Gasteiger partial charge in [0.2, 0.25) is 5.88 Å². The van der Waals surface area contributed by atoms with Crippen molar-refractivity contribution in [1.82, 2.24) is 15.5 Å². The minimum Gasteiger partial charge on any atom is -0.480 e. The number of esters is 1. The quantitative estimate of drug-likeness (QED) is 0.812. The lowest BCUT2D eigenvalue weighted by Gasteiger charge is -2.22.